The summed E-state index contributed by atoms with van der Waals surface area (Å²) in [6.07, 6.45) is -16.9. The van der Waals surface area contributed by atoms with E-state index >= 15 is 0 Å². The molecule has 4 aliphatic heterocycles. The van der Waals surface area contributed by atoms with Crippen LogP contribution in [0.5, 0.6) is 0 Å². The van der Waals surface area contributed by atoms with E-state index in [0.717, 1.165) is 57.8 Å². The summed E-state index contributed by atoms with van der Waals surface area (Å²) in [6.45, 7) is 1.89. The lowest BCUT2D eigenvalue weighted by molar-refractivity contribution is -0.363. The van der Waals surface area contributed by atoms with Crippen LogP contribution >= 0.6 is 0 Å². The second kappa shape index (κ2) is 32.9. The van der Waals surface area contributed by atoms with Gasteiger partial charge in [0, 0.05) is 34.2 Å². The molecule has 0 unspecified atom stereocenters. The minimum atomic E-state index is -1.98. The van der Waals surface area contributed by atoms with Crippen LogP contribution < -0.4 is 27.4 Å². The highest BCUT2D eigenvalue weighted by molar-refractivity contribution is 5.76. The molecule has 0 aromatic rings. The Bertz CT molecular complexity index is 1880. The Balaban J connectivity index is 1.57. The van der Waals surface area contributed by atoms with Crippen molar-refractivity contribution in [2.24, 2.45) is 11.5 Å². The predicted molar refractivity (Wildman–Crippen MR) is 266 cm³/mol. The molecule has 0 aromatic heterocycles. The first kappa shape index (κ1) is 66.3. The third-order valence-corrected chi connectivity index (χ3v) is 14.2. The molecule has 4 aliphatic rings. The topological polar surface area (TPSA) is 439 Å². The van der Waals surface area contributed by atoms with Gasteiger partial charge in [-0.05, 0) is 6.42 Å². The third kappa shape index (κ3) is 19.0. The van der Waals surface area contributed by atoms with E-state index < -0.39 is 185 Å². The number of carbonyl (C=O) groups excluding carboxylic acids is 6. The zero-order chi connectivity index (χ0) is 57.8. The van der Waals surface area contributed by atoms with Crippen LogP contribution in [0.15, 0.2) is 0 Å². The Hall–Kier alpha value is -4.18. The molecule has 0 aliphatic carbocycles. The van der Waals surface area contributed by atoms with Gasteiger partial charge < -0.3 is 116 Å². The molecule has 450 valence electrons. The van der Waals surface area contributed by atoms with Crippen LogP contribution in [-0.2, 0) is 61.8 Å². The van der Waals surface area contributed by atoms with Gasteiger partial charge in [0.05, 0.1) is 19.8 Å². The van der Waals surface area contributed by atoms with Crippen LogP contribution in [0.3, 0.4) is 0 Å². The number of aliphatic hydroxyl groups excluding tert-OH is 8. The number of hydrogen-bond acceptors (Lipinski definition) is 23. The number of unbranched alkanes of at least 4 members (excludes halogenated alkanes) is 12. The fourth-order valence-electron chi connectivity index (χ4n) is 10.2. The van der Waals surface area contributed by atoms with E-state index in [2.05, 4.69) is 22.9 Å². The molecule has 29 heteroatoms. The Morgan fingerprint density at radius 1 is 0.500 bits per heavy atom. The lowest BCUT2D eigenvalue weighted by atomic mass is 9.93. The molecule has 20 atom stereocenters. The highest BCUT2D eigenvalue weighted by Crippen LogP contribution is 2.36. The highest BCUT2D eigenvalue weighted by atomic mass is 16.8. The average molecular weight is 1130 g/mol. The Morgan fingerprint density at radius 2 is 0.885 bits per heavy atom. The van der Waals surface area contributed by atoms with Crippen molar-refractivity contribution in [2.45, 2.75) is 240 Å². The second-order valence-electron chi connectivity index (χ2n) is 20.2. The lowest BCUT2D eigenvalue weighted by Crippen LogP contribution is -2.72. The van der Waals surface area contributed by atoms with Crippen molar-refractivity contribution in [3.63, 3.8) is 0 Å². The predicted octanol–water partition coefficient (Wildman–Crippen LogP) is -3.16. The molecule has 4 rings (SSSR count). The minimum absolute atomic E-state index is 0.00236. The molecule has 0 radical (unpaired) electrons. The molecule has 0 spiro atoms. The van der Waals surface area contributed by atoms with Crippen LogP contribution in [0.4, 0.5) is 9.59 Å². The van der Waals surface area contributed by atoms with Crippen molar-refractivity contribution in [1.82, 2.24) is 20.9 Å². The third-order valence-electron chi connectivity index (χ3n) is 14.2. The van der Waals surface area contributed by atoms with Crippen LogP contribution in [0, 0.1) is 0 Å². The van der Waals surface area contributed by atoms with E-state index in [-0.39, 0.29) is 6.42 Å². The number of rotatable bonds is 30. The van der Waals surface area contributed by atoms with E-state index in [0.29, 0.717) is 6.42 Å². The number of ether oxygens (including phenoxy) is 9. The van der Waals surface area contributed by atoms with E-state index in [9.17, 15) is 69.6 Å². The van der Waals surface area contributed by atoms with Crippen LogP contribution in [0.2, 0.25) is 0 Å². The Kier molecular flexibility index (Phi) is 28.0. The number of hydrogen-bond donors (Lipinski definition) is 13. The molecule has 0 saturated carbocycles. The zero-order valence-corrected chi connectivity index (χ0v) is 45.1. The highest BCUT2D eigenvalue weighted by Gasteiger charge is 2.57. The van der Waals surface area contributed by atoms with Gasteiger partial charge >= 0.3 is 12.2 Å². The van der Waals surface area contributed by atoms with Crippen LogP contribution in [0.1, 0.15) is 118 Å². The van der Waals surface area contributed by atoms with E-state index in [1.54, 1.807) is 0 Å². The van der Waals surface area contributed by atoms with Gasteiger partial charge in [-0.3, -0.25) is 19.2 Å². The number of nitrogens with one attached hydrogen (secondary N) is 3. The van der Waals surface area contributed by atoms with Gasteiger partial charge in [-0.1, -0.05) is 84.0 Å². The molecular formula is C49H86N6O23. The van der Waals surface area contributed by atoms with Gasteiger partial charge in [0.2, 0.25) is 23.6 Å². The van der Waals surface area contributed by atoms with Crippen molar-refractivity contribution in [1.29, 1.82) is 0 Å². The molecule has 6 amide bonds. The average Bonchev–Trinajstić information content (AvgIpc) is 3.51. The van der Waals surface area contributed by atoms with Gasteiger partial charge in [-0.15, -0.1) is 0 Å². The normalized spacial score (nSPS) is 35.0. The van der Waals surface area contributed by atoms with Crippen LogP contribution in [0.25, 0.3) is 0 Å². The van der Waals surface area contributed by atoms with E-state index in [1.165, 1.54) is 52.0 Å². The van der Waals surface area contributed by atoms with Crippen molar-refractivity contribution in [2.75, 3.05) is 33.5 Å². The minimum Gasteiger partial charge on any atom is -0.447 e. The summed E-state index contributed by atoms with van der Waals surface area (Å²) < 4.78 is 52.2. The molecule has 4 fully saturated rings. The number of nitrogens with zero attached hydrogens (tertiary/aromatic N) is 1. The molecule has 4 heterocycles. The van der Waals surface area contributed by atoms with Crippen molar-refractivity contribution < 1.29 is 112 Å². The molecule has 0 bridgehead atoms. The lowest BCUT2D eigenvalue weighted by Gasteiger charge is -2.51. The smallest absolute Gasteiger partial charge is 0.404 e. The second-order valence-corrected chi connectivity index (χ2v) is 20.2. The summed E-state index contributed by atoms with van der Waals surface area (Å²) >= 11 is 0. The molecule has 78 heavy (non-hydrogen) atoms. The summed E-state index contributed by atoms with van der Waals surface area (Å²) in [5, 5.41) is 96.5. The Morgan fingerprint density at radius 3 is 1.29 bits per heavy atom. The van der Waals surface area contributed by atoms with Crippen LogP contribution in [-0.4, -0.2) is 238 Å². The van der Waals surface area contributed by atoms with Gasteiger partial charge in [0.1, 0.15) is 97.9 Å². The van der Waals surface area contributed by atoms with Crippen molar-refractivity contribution >= 4 is 35.8 Å². The summed E-state index contributed by atoms with van der Waals surface area (Å²) in [5.74, 6) is -2.73. The first-order valence-electron chi connectivity index (χ1n) is 26.8. The quantitative estimate of drug-likeness (QED) is 0.0316. The van der Waals surface area contributed by atoms with E-state index in [1.807, 2.05) is 0 Å². The summed E-state index contributed by atoms with van der Waals surface area (Å²) in [7, 11) is 1.32. The van der Waals surface area contributed by atoms with Gasteiger partial charge in [0.15, 0.2) is 31.3 Å². The SMILES string of the molecule is CCCCCCCCCCCCCCCC(=O)N(C)[C@H]1[C@H](O[C@H]2[C@H](O)[C@@H](NC(C)=O)[C@H](O[C@H]3[C@H](O)[C@@H](NC(C)=O)[C@H](O[C@H]4[C@H](O)[C@@H](NC(C)=O)[C@H](O)O[C@@H]4CO)O[C@@H]3CO)O[C@@H]2CO)O[C@H](COC(N)=O)[C@@H](OC(N)=O)[C@@H]1O. The molecule has 15 N–H and O–H groups in total. The van der Waals surface area contributed by atoms with Crippen molar-refractivity contribution in [3.8, 4) is 0 Å². The van der Waals surface area contributed by atoms with Gasteiger partial charge in [-0.2, -0.15) is 0 Å². The number of likely N-dealkylation sites (N-methyl/N-ethyl adjacent to an activating group) is 1. The van der Waals surface area contributed by atoms with Gasteiger partial charge in [0.25, 0.3) is 0 Å². The number of carbonyl (C=O) groups is 6. The van der Waals surface area contributed by atoms with Gasteiger partial charge in [-0.25, -0.2) is 9.59 Å². The Labute approximate surface area is 453 Å². The number of aliphatic hydroxyl groups is 8. The van der Waals surface area contributed by atoms with E-state index in [4.69, 9.17) is 54.1 Å². The monoisotopic (exact) mass is 1130 g/mol. The number of amides is 6. The first-order chi connectivity index (χ1) is 37.1. The largest absolute Gasteiger partial charge is 0.447 e. The molecule has 29 nitrogen and oxygen atoms in total. The van der Waals surface area contributed by atoms with Crippen molar-refractivity contribution in [3.05, 3.63) is 0 Å². The fraction of sp³-hybridized carbons (Fsp3) is 0.878. The maximum absolute atomic E-state index is 13.9. The maximum Gasteiger partial charge on any atom is 0.404 e. The number of primary amides is 2. The fourth-order valence-corrected chi connectivity index (χ4v) is 10.2. The summed E-state index contributed by atoms with van der Waals surface area (Å²) in [6, 6.07) is -6.41. The molecule has 4 saturated heterocycles. The molecular weight excluding hydrogens is 1040 g/mol. The zero-order valence-electron chi connectivity index (χ0n) is 45.1. The first-order valence-corrected chi connectivity index (χ1v) is 26.8. The summed E-state index contributed by atoms with van der Waals surface area (Å²) in [4.78, 5) is 76.2. The standard InChI is InChI=1S/C49H86N6O23/c1-6-7-8-9-10-11-12-13-14-15-16-17-18-19-31(62)55(5)35-39(66)43(78-49(51)69)30(23-70-48(50)68)74-47(35)77-42-29(22-58)73-46(34(38(42)65)54-26(4)61)76-41-28(21-57)72-45(33(37(41)64)53-25(3)60)75-40-27(20-56)71-44(67)32(36(40)63)52-24(2)59/h27-30,32-47,56-58,63-67H,6-23H2,1-5H3,(H2,50,68)(H2,51,69)(H,52,59)(H,53,60)(H,54,61)/t27-,28-,29-,30-,32-,33-,34-,35-,36-,37-,38-,39-,40-,41-,42-,43-,44-,45+,46+,47+/m1/s1. The molecule has 0 aromatic carbocycles. The summed E-state index contributed by atoms with van der Waals surface area (Å²) in [5.41, 5.74) is 10.6. The number of nitrogens with two attached hydrogens (primary N) is 2. The maximum atomic E-state index is 13.9.